The van der Waals surface area contributed by atoms with Crippen molar-refractivity contribution in [1.29, 1.82) is 0 Å². The lowest BCUT2D eigenvalue weighted by atomic mass is 10.1. The fourth-order valence-corrected chi connectivity index (χ4v) is 3.75. The molecule has 5 aromatic rings. The molecule has 0 unspecified atom stereocenters. The van der Waals surface area contributed by atoms with Gasteiger partial charge in [-0.2, -0.15) is 5.10 Å². The van der Waals surface area contributed by atoms with Gasteiger partial charge < -0.3 is 5.32 Å². The summed E-state index contributed by atoms with van der Waals surface area (Å²) in [5, 5.41) is 10.4. The van der Waals surface area contributed by atoms with Gasteiger partial charge >= 0.3 is 0 Å². The van der Waals surface area contributed by atoms with Crippen LogP contribution in [0.4, 0.5) is 11.4 Å². The molecule has 0 spiro atoms. The summed E-state index contributed by atoms with van der Waals surface area (Å²) in [6.45, 7) is 2.03. The molecular formula is C24H21ClN4. The zero-order chi connectivity index (χ0) is 19.1. The smallest absolute Gasteiger partial charge is 0.160 e. The molecular weight excluding hydrogens is 380 g/mol. The molecule has 1 N–H and O–H groups in total. The predicted molar refractivity (Wildman–Crippen MR) is 123 cm³/mol. The second-order valence-electron chi connectivity index (χ2n) is 6.98. The third kappa shape index (κ3) is 3.32. The third-order valence-electron chi connectivity index (χ3n) is 5.10. The van der Waals surface area contributed by atoms with Crippen LogP contribution in [0.25, 0.3) is 33.1 Å². The molecule has 0 saturated carbocycles. The fraction of sp³-hybridized carbons (Fsp3) is 0.0833. The fourth-order valence-electron chi connectivity index (χ4n) is 3.75. The number of hydrogen-bond acceptors (Lipinski definition) is 3. The van der Waals surface area contributed by atoms with Gasteiger partial charge in [0.2, 0.25) is 0 Å². The summed E-state index contributed by atoms with van der Waals surface area (Å²) in [4.78, 5) is 4.81. The van der Waals surface area contributed by atoms with Crippen LogP contribution >= 0.6 is 12.4 Å². The summed E-state index contributed by atoms with van der Waals surface area (Å²) in [5.74, 6) is 0. The van der Waals surface area contributed by atoms with Crippen LogP contribution in [0.5, 0.6) is 0 Å². The number of para-hydroxylation sites is 1. The number of aromatic nitrogens is 3. The molecule has 0 aliphatic carbocycles. The average molecular weight is 401 g/mol. The summed E-state index contributed by atoms with van der Waals surface area (Å²) in [5.41, 5.74) is 7.33. The maximum absolute atomic E-state index is 4.81. The van der Waals surface area contributed by atoms with E-state index in [1.54, 1.807) is 0 Å². The molecule has 0 atom stereocenters. The van der Waals surface area contributed by atoms with Crippen molar-refractivity contribution in [3.8, 4) is 11.1 Å². The average Bonchev–Trinajstić information content (AvgIpc) is 3.02. The minimum absolute atomic E-state index is 0. The van der Waals surface area contributed by atoms with Crippen LogP contribution in [-0.2, 0) is 7.05 Å². The molecule has 0 fully saturated rings. The van der Waals surface area contributed by atoms with Gasteiger partial charge in [0.15, 0.2) is 5.65 Å². The molecule has 0 aliphatic rings. The highest BCUT2D eigenvalue weighted by Crippen LogP contribution is 2.35. The Morgan fingerprint density at radius 2 is 1.45 bits per heavy atom. The van der Waals surface area contributed by atoms with Crippen LogP contribution in [0.15, 0.2) is 78.9 Å². The van der Waals surface area contributed by atoms with Crippen LogP contribution in [0, 0.1) is 6.92 Å². The van der Waals surface area contributed by atoms with Crippen molar-refractivity contribution in [2.75, 3.05) is 5.32 Å². The van der Waals surface area contributed by atoms with Gasteiger partial charge in [-0.3, -0.25) is 4.68 Å². The van der Waals surface area contributed by atoms with E-state index >= 15 is 0 Å². The molecule has 0 aliphatic heterocycles. The number of anilines is 2. The van der Waals surface area contributed by atoms with E-state index in [1.165, 1.54) is 11.1 Å². The standard InChI is InChI=1S/C24H20N4.ClH/c1-16-22-23(20-10-6-7-11-21(20)26-24(22)28(2)27-16)25-19-14-12-18(13-15-19)17-8-4-3-5-9-17;/h3-15H,1-2H3,(H,25,26);1H. The molecule has 2 heterocycles. The number of halogens is 1. The van der Waals surface area contributed by atoms with Crippen molar-refractivity contribution in [1.82, 2.24) is 14.8 Å². The Hall–Kier alpha value is -3.37. The van der Waals surface area contributed by atoms with Crippen molar-refractivity contribution in [3.63, 3.8) is 0 Å². The first kappa shape index (κ1) is 19.0. The number of aryl methyl sites for hydroxylation is 2. The second-order valence-corrected chi connectivity index (χ2v) is 6.98. The highest BCUT2D eigenvalue weighted by Gasteiger charge is 2.15. The maximum atomic E-state index is 4.81. The van der Waals surface area contributed by atoms with E-state index < -0.39 is 0 Å². The topological polar surface area (TPSA) is 42.7 Å². The number of benzene rings is 3. The molecule has 5 heteroatoms. The third-order valence-corrected chi connectivity index (χ3v) is 5.10. The van der Waals surface area contributed by atoms with Crippen molar-refractivity contribution in [2.24, 2.45) is 7.05 Å². The lowest BCUT2D eigenvalue weighted by Gasteiger charge is -2.12. The first-order chi connectivity index (χ1) is 13.7. The van der Waals surface area contributed by atoms with E-state index in [4.69, 9.17) is 4.98 Å². The molecule has 2 aromatic heterocycles. The highest BCUT2D eigenvalue weighted by molar-refractivity contribution is 6.08. The predicted octanol–water partition coefficient (Wildman–Crippen LogP) is 6.26. The number of rotatable bonds is 3. The van der Waals surface area contributed by atoms with Crippen molar-refractivity contribution in [2.45, 2.75) is 6.92 Å². The van der Waals surface area contributed by atoms with Gasteiger partial charge in [-0.1, -0.05) is 60.7 Å². The Kier molecular flexibility index (Phi) is 4.95. The quantitative estimate of drug-likeness (QED) is 0.388. The zero-order valence-corrected chi connectivity index (χ0v) is 17.1. The number of hydrogen-bond donors (Lipinski definition) is 1. The van der Waals surface area contributed by atoms with E-state index in [1.807, 2.05) is 42.9 Å². The van der Waals surface area contributed by atoms with Crippen LogP contribution in [0.2, 0.25) is 0 Å². The van der Waals surface area contributed by atoms with Gasteiger partial charge in [0.1, 0.15) is 0 Å². The summed E-state index contributed by atoms with van der Waals surface area (Å²) in [7, 11) is 1.94. The van der Waals surface area contributed by atoms with E-state index in [0.29, 0.717) is 0 Å². The molecule has 0 radical (unpaired) electrons. The van der Waals surface area contributed by atoms with Gasteiger partial charge in [-0.25, -0.2) is 4.98 Å². The monoisotopic (exact) mass is 400 g/mol. The minimum atomic E-state index is 0. The molecule has 0 saturated heterocycles. The maximum Gasteiger partial charge on any atom is 0.160 e. The number of fused-ring (bicyclic) bond motifs is 2. The van der Waals surface area contributed by atoms with Crippen molar-refractivity contribution < 1.29 is 0 Å². The van der Waals surface area contributed by atoms with Crippen LogP contribution in [-0.4, -0.2) is 14.8 Å². The molecule has 29 heavy (non-hydrogen) atoms. The molecule has 4 nitrogen and oxygen atoms in total. The second kappa shape index (κ2) is 7.57. The van der Waals surface area contributed by atoms with E-state index in [-0.39, 0.29) is 12.4 Å². The van der Waals surface area contributed by atoms with Crippen molar-refractivity contribution in [3.05, 3.63) is 84.6 Å². The lowest BCUT2D eigenvalue weighted by molar-refractivity contribution is 0.775. The summed E-state index contributed by atoms with van der Waals surface area (Å²) in [6.07, 6.45) is 0. The summed E-state index contributed by atoms with van der Waals surface area (Å²) in [6, 6.07) is 27.2. The van der Waals surface area contributed by atoms with Crippen LogP contribution < -0.4 is 5.32 Å². The van der Waals surface area contributed by atoms with Gasteiger partial charge in [-0.15, -0.1) is 12.4 Å². The number of nitrogens with zero attached hydrogens (tertiary/aromatic N) is 3. The Labute approximate surface area is 175 Å². The van der Waals surface area contributed by atoms with Gasteiger partial charge in [-0.05, 0) is 36.2 Å². The van der Waals surface area contributed by atoms with E-state index in [2.05, 4.69) is 65.0 Å². The molecule has 0 bridgehead atoms. The zero-order valence-electron chi connectivity index (χ0n) is 16.3. The number of pyridine rings is 1. The largest absolute Gasteiger partial charge is 0.354 e. The molecule has 5 rings (SSSR count). The Balaban J connectivity index is 0.00000205. The van der Waals surface area contributed by atoms with E-state index in [9.17, 15) is 0 Å². The minimum Gasteiger partial charge on any atom is -0.354 e. The molecule has 144 valence electrons. The molecule has 0 amide bonds. The Morgan fingerprint density at radius 1 is 0.793 bits per heavy atom. The van der Waals surface area contributed by atoms with Gasteiger partial charge in [0.05, 0.1) is 22.3 Å². The lowest BCUT2D eigenvalue weighted by Crippen LogP contribution is -1.97. The normalized spacial score (nSPS) is 10.8. The van der Waals surface area contributed by atoms with Crippen LogP contribution in [0.3, 0.4) is 0 Å². The number of nitrogens with one attached hydrogen (secondary N) is 1. The Morgan fingerprint density at radius 3 is 2.21 bits per heavy atom. The SMILES string of the molecule is Cc1nn(C)c2nc3ccccc3c(Nc3ccc(-c4ccccc4)cc3)c12.Cl. The summed E-state index contributed by atoms with van der Waals surface area (Å²) < 4.78 is 1.85. The van der Waals surface area contributed by atoms with E-state index in [0.717, 1.165) is 39.0 Å². The Bertz CT molecular complexity index is 1290. The summed E-state index contributed by atoms with van der Waals surface area (Å²) >= 11 is 0. The van der Waals surface area contributed by atoms with Crippen molar-refractivity contribution >= 4 is 45.7 Å². The van der Waals surface area contributed by atoms with Crippen LogP contribution in [0.1, 0.15) is 5.69 Å². The van der Waals surface area contributed by atoms with Gasteiger partial charge in [0, 0.05) is 18.1 Å². The first-order valence-corrected chi connectivity index (χ1v) is 9.35. The van der Waals surface area contributed by atoms with Gasteiger partial charge in [0.25, 0.3) is 0 Å². The first-order valence-electron chi connectivity index (χ1n) is 9.35. The molecule has 3 aromatic carbocycles. The highest BCUT2D eigenvalue weighted by atomic mass is 35.5.